The van der Waals surface area contributed by atoms with Crippen molar-refractivity contribution in [3.05, 3.63) is 0 Å². The number of rotatable bonds is 7. The molecule has 15 heavy (non-hydrogen) atoms. The van der Waals surface area contributed by atoms with E-state index in [9.17, 15) is 5.11 Å². The number of hydrogen-bond donors (Lipinski definition) is 1. The van der Waals surface area contributed by atoms with E-state index in [0.29, 0.717) is 0 Å². The highest BCUT2D eigenvalue weighted by Crippen LogP contribution is 2.07. The van der Waals surface area contributed by atoms with Crippen LogP contribution >= 0.6 is 0 Å². The number of β-amino-alcohol motifs (C(OH)–C–C–N with tert-alkyl or cyclic N) is 1. The summed E-state index contributed by atoms with van der Waals surface area (Å²) >= 11 is 0. The fourth-order valence-corrected chi connectivity index (χ4v) is 1.98. The van der Waals surface area contributed by atoms with Crippen LogP contribution in [0.25, 0.3) is 0 Å². The summed E-state index contributed by atoms with van der Waals surface area (Å²) in [7, 11) is 0. The third kappa shape index (κ3) is 6.13. The average molecular weight is 215 g/mol. The van der Waals surface area contributed by atoms with Gasteiger partial charge in [0.25, 0.3) is 0 Å². The molecule has 0 bridgehead atoms. The summed E-state index contributed by atoms with van der Waals surface area (Å²) in [6.45, 7) is 6.64. The summed E-state index contributed by atoms with van der Waals surface area (Å²) < 4.78 is 5.27. The summed E-state index contributed by atoms with van der Waals surface area (Å²) in [5, 5.41) is 9.82. The van der Waals surface area contributed by atoms with Crippen molar-refractivity contribution in [2.45, 2.75) is 45.1 Å². The number of unbranched alkanes of at least 4 members (excludes halogenated alkanes) is 3. The second-order valence-corrected chi connectivity index (χ2v) is 4.42. The van der Waals surface area contributed by atoms with Crippen LogP contribution < -0.4 is 0 Å². The Morgan fingerprint density at radius 3 is 2.60 bits per heavy atom. The van der Waals surface area contributed by atoms with Gasteiger partial charge in [0, 0.05) is 19.6 Å². The summed E-state index contributed by atoms with van der Waals surface area (Å²) in [6.07, 6.45) is 5.80. The molecule has 0 radical (unpaired) electrons. The van der Waals surface area contributed by atoms with E-state index in [1.54, 1.807) is 0 Å². The molecule has 1 aliphatic rings. The maximum Gasteiger partial charge on any atom is 0.0667 e. The molecule has 1 aliphatic heterocycles. The maximum atomic E-state index is 9.82. The van der Waals surface area contributed by atoms with Gasteiger partial charge in [0.1, 0.15) is 0 Å². The van der Waals surface area contributed by atoms with Gasteiger partial charge in [0.05, 0.1) is 19.3 Å². The van der Waals surface area contributed by atoms with Crippen molar-refractivity contribution in [2.75, 3.05) is 32.8 Å². The minimum absolute atomic E-state index is 0.139. The standard InChI is InChI=1S/C12H25NO2/c1-2-3-4-5-6-12(14)11-13-7-9-15-10-8-13/h12,14H,2-11H2,1H3/t12-/m1/s1. The number of nitrogens with zero attached hydrogens (tertiary/aromatic N) is 1. The topological polar surface area (TPSA) is 32.7 Å². The van der Waals surface area contributed by atoms with Crippen LogP contribution in [-0.4, -0.2) is 49.0 Å². The highest BCUT2D eigenvalue weighted by atomic mass is 16.5. The molecule has 0 spiro atoms. The van der Waals surface area contributed by atoms with Crippen molar-refractivity contribution >= 4 is 0 Å². The lowest BCUT2D eigenvalue weighted by molar-refractivity contribution is 0.0127. The van der Waals surface area contributed by atoms with E-state index in [2.05, 4.69) is 11.8 Å². The second-order valence-electron chi connectivity index (χ2n) is 4.42. The van der Waals surface area contributed by atoms with E-state index in [1.807, 2.05) is 0 Å². The zero-order valence-corrected chi connectivity index (χ0v) is 9.95. The molecule has 0 aromatic rings. The third-order valence-corrected chi connectivity index (χ3v) is 2.96. The van der Waals surface area contributed by atoms with Crippen LogP contribution in [0.2, 0.25) is 0 Å². The van der Waals surface area contributed by atoms with Crippen molar-refractivity contribution in [2.24, 2.45) is 0 Å². The first-order valence-corrected chi connectivity index (χ1v) is 6.31. The Morgan fingerprint density at radius 1 is 1.20 bits per heavy atom. The average Bonchev–Trinajstić information content (AvgIpc) is 2.26. The molecule has 0 aromatic carbocycles. The predicted molar refractivity (Wildman–Crippen MR) is 62.0 cm³/mol. The molecule has 1 atom stereocenters. The van der Waals surface area contributed by atoms with Gasteiger partial charge < -0.3 is 9.84 Å². The van der Waals surface area contributed by atoms with Gasteiger partial charge in [-0.25, -0.2) is 0 Å². The van der Waals surface area contributed by atoms with Gasteiger partial charge in [0.15, 0.2) is 0 Å². The molecule has 0 saturated carbocycles. The molecule has 1 fully saturated rings. The minimum Gasteiger partial charge on any atom is -0.392 e. The van der Waals surface area contributed by atoms with Crippen molar-refractivity contribution in [3.63, 3.8) is 0 Å². The SMILES string of the molecule is CCCCCC[C@@H](O)CN1CCOCC1. The second kappa shape index (κ2) is 8.08. The zero-order valence-electron chi connectivity index (χ0n) is 9.95. The number of ether oxygens (including phenoxy) is 1. The monoisotopic (exact) mass is 215 g/mol. The van der Waals surface area contributed by atoms with Crippen LogP contribution in [0.3, 0.4) is 0 Å². The van der Waals surface area contributed by atoms with E-state index in [1.165, 1.54) is 25.7 Å². The Kier molecular flexibility index (Phi) is 6.98. The van der Waals surface area contributed by atoms with Crippen LogP contribution in [-0.2, 0) is 4.74 Å². The highest BCUT2D eigenvalue weighted by Gasteiger charge is 2.14. The number of morpholine rings is 1. The van der Waals surface area contributed by atoms with Gasteiger partial charge in [-0.05, 0) is 6.42 Å². The summed E-state index contributed by atoms with van der Waals surface area (Å²) in [4.78, 5) is 2.30. The van der Waals surface area contributed by atoms with E-state index in [-0.39, 0.29) is 6.10 Å². The zero-order chi connectivity index (χ0) is 10.9. The Bertz CT molecular complexity index is 147. The fourth-order valence-electron chi connectivity index (χ4n) is 1.98. The first-order chi connectivity index (χ1) is 7.33. The molecule has 3 nitrogen and oxygen atoms in total. The Labute approximate surface area is 93.4 Å². The van der Waals surface area contributed by atoms with Crippen molar-refractivity contribution in [1.29, 1.82) is 0 Å². The quantitative estimate of drug-likeness (QED) is 0.655. The molecule has 0 aliphatic carbocycles. The molecule has 0 aromatic heterocycles. The van der Waals surface area contributed by atoms with E-state index in [4.69, 9.17) is 4.74 Å². The molecular weight excluding hydrogens is 190 g/mol. The molecular formula is C12H25NO2. The van der Waals surface area contributed by atoms with Crippen LogP contribution in [0.4, 0.5) is 0 Å². The first-order valence-electron chi connectivity index (χ1n) is 6.31. The van der Waals surface area contributed by atoms with Crippen molar-refractivity contribution < 1.29 is 9.84 Å². The predicted octanol–water partition coefficient (Wildman–Crippen LogP) is 1.65. The summed E-state index contributed by atoms with van der Waals surface area (Å²) in [5.74, 6) is 0. The fraction of sp³-hybridized carbons (Fsp3) is 1.00. The lowest BCUT2D eigenvalue weighted by Gasteiger charge is -2.28. The normalized spacial score (nSPS) is 20.4. The number of aliphatic hydroxyl groups excluding tert-OH is 1. The first kappa shape index (κ1) is 12.9. The molecule has 0 unspecified atom stereocenters. The maximum absolute atomic E-state index is 9.82. The molecule has 1 N–H and O–H groups in total. The van der Waals surface area contributed by atoms with Crippen molar-refractivity contribution in [3.8, 4) is 0 Å². The van der Waals surface area contributed by atoms with Gasteiger partial charge in [-0.3, -0.25) is 4.90 Å². The number of aliphatic hydroxyl groups is 1. The molecule has 90 valence electrons. The Morgan fingerprint density at radius 2 is 1.93 bits per heavy atom. The van der Waals surface area contributed by atoms with Crippen molar-refractivity contribution in [1.82, 2.24) is 4.90 Å². The minimum atomic E-state index is -0.139. The van der Waals surface area contributed by atoms with E-state index in [0.717, 1.165) is 39.3 Å². The van der Waals surface area contributed by atoms with E-state index >= 15 is 0 Å². The molecule has 0 amide bonds. The van der Waals surface area contributed by atoms with Gasteiger partial charge in [-0.2, -0.15) is 0 Å². The Hall–Kier alpha value is -0.120. The summed E-state index contributed by atoms with van der Waals surface area (Å²) in [6, 6.07) is 0. The van der Waals surface area contributed by atoms with Gasteiger partial charge in [-0.1, -0.05) is 32.6 Å². The van der Waals surface area contributed by atoms with Gasteiger partial charge in [0.2, 0.25) is 0 Å². The van der Waals surface area contributed by atoms with Crippen LogP contribution in [0, 0.1) is 0 Å². The smallest absolute Gasteiger partial charge is 0.0667 e. The molecule has 1 saturated heterocycles. The van der Waals surface area contributed by atoms with Crippen LogP contribution in [0.5, 0.6) is 0 Å². The molecule has 1 heterocycles. The molecule has 3 heteroatoms. The van der Waals surface area contributed by atoms with Crippen LogP contribution in [0.15, 0.2) is 0 Å². The summed E-state index contributed by atoms with van der Waals surface area (Å²) in [5.41, 5.74) is 0. The Balaban J connectivity index is 1.98. The molecule has 1 rings (SSSR count). The lowest BCUT2D eigenvalue weighted by atomic mass is 10.1. The van der Waals surface area contributed by atoms with Gasteiger partial charge in [-0.15, -0.1) is 0 Å². The lowest BCUT2D eigenvalue weighted by Crippen LogP contribution is -2.40. The van der Waals surface area contributed by atoms with E-state index < -0.39 is 0 Å². The van der Waals surface area contributed by atoms with Crippen LogP contribution in [0.1, 0.15) is 39.0 Å². The third-order valence-electron chi connectivity index (χ3n) is 2.96. The number of hydrogen-bond acceptors (Lipinski definition) is 3. The highest BCUT2D eigenvalue weighted by molar-refractivity contribution is 4.67. The van der Waals surface area contributed by atoms with Gasteiger partial charge >= 0.3 is 0 Å². The largest absolute Gasteiger partial charge is 0.392 e.